The summed E-state index contributed by atoms with van der Waals surface area (Å²) in [7, 11) is 1.67. The molecule has 0 aliphatic rings. The molecule has 0 rings (SSSR count). The van der Waals surface area contributed by atoms with Crippen molar-refractivity contribution in [3.05, 3.63) is 0 Å². The molecule has 0 amide bonds. The number of aliphatic hydroxyl groups is 1. The van der Waals surface area contributed by atoms with Gasteiger partial charge in [0.1, 0.15) is 0 Å². The van der Waals surface area contributed by atoms with Crippen molar-refractivity contribution in [2.24, 2.45) is 5.92 Å². The van der Waals surface area contributed by atoms with Gasteiger partial charge in [-0.15, -0.1) is 0 Å². The van der Waals surface area contributed by atoms with Gasteiger partial charge < -0.3 is 9.84 Å². The minimum absolute atomic E-state index is 0.359. The van der Waals surface area contributed by atoms with Gasteiger partial charge in [-0.3, -0.25) is 0 Å². The second-order valence-corrected chi connectivity index (χ2v) is 3.79. The van der Waals surface area contributed by atoms with Gasteiger partial charge in [-0.2, -0.15) is 0 Å². The van der Waals surface area contributed by atoms with Crippen molar-refractivity contribution in [2.75, 3.05) is 13.7 Å². The van der Waals surface area contributed by atoms with Gasteiger partial charge in [-0.1, -0.05) is 20.3 Å². The third kappa shape index (κ3) is 4.07. The van der Waals surface area contributed by atoms with Crippen molar-refractivity contribution in [1.29, 1.82) is 0 Å². The fraction of sp³-hybridized carbons (Fsp3) is 1.00. The van der Waals surface area contributed by atoms with E-state index in [9.17, 15) is 5.11 Å². The average Bonchev–Trinajstić information content (AvgIpc) is 2.01. The molecule has 1 N–H and O–H groups in total. The van der Waals surface area contributed by atoms with Crippen molar-refractivity contribution < 1.29 is 9.84 Å². The Labute approximate surface area is 75.9 Å². The molecular formula is C10H22O2. The number of hydrogen-bond donors (Lipinski definition) is 1. The van der Waals surface area contributed by atoms with Gasteiger partial charge in [0, 0.05) is 13.7 Å². The van der Waals surface area contributed by atoms with Crippen LogP contribution in [0.3, 0.4) is 0 Å². The van der Waals surface area contributed by atoms with E-state index in [1.807, 2.05) is 6.92 Å². The molecule has 74 valence electrons. The molecule has 2 nitrogen and oxygen atoms in total. The van der Waals surface area contributed by atoms with Crippen molar-refractivity contribution >= 4 is 0 Å². The first-order valence-electron chi connectivity index (χ1n) is 4.76. The number of ether oxygens (including phenoxy) is 1. The van der Waals surface area contributed by atoms with Crippen LogP contribution in [-0.4, -0.2) is 24.4 Å². The molecular weight excluding hydrogens is 152 g/mol. The molecule has 0 aliphatic heterocycles. The molecule has 2 atom stereocenters. The molecule has 0 spiro atoms. The molecule has 0 saturated carbocycles. The summed E-state index contributed by atoms with van der Waals surface area (Å²) >= 11 is 0. The number of methoxy groups -OCH3 is 1. The van der Waals surface area contributed by atoms with E-state index in [4.69, 9.17) is 4.74 Å². The molecule has 0 fully saturated rings. The lowest BCUT2D eigenvalue weighted by Gasteiger charge is -2.29. The molecule has 0 heterocycles. The van der Waals surface area contributed by atoms with Crippen LogP contribution in [0.1, 0.15) is 40.0 Å². The van der Waals surface area contributed by atoms with Crippen LogP contribution in [0.5, 0.6) is 0 Å². The Balaban J connectivity index is 3.81. The summed E-state index contributed by atoms with van der Waals surface area (Å²) in [6.45, 7) is 6.77. The topological polar surface area (TPSA) is 29.5 Å². The lowest BCUT2D eigenvalue weighted by molar-refractivity contribution is -0.0228. The highest BCUT2D eigenvalue weighted by molar-refractivity contribution is 4.78. The van der Waals surface area contributed by atoms with E-state index in [2.05, 4.69) is 13.8 Å². The Hall–Kier alpha value is -0.0800. The Morgan fingerprint density at radius 1 is 1.50 bits per heavy atom. The third-order valence-electron chi connectivity index (χ3n) is 2.60. The predicted molar refractivity (Wildman–Crippen MR) is 51.2 cm³/mol. The summed E-state index contributed by atoms with van der Waals surface area (Å²) in [4.78, 5) is 0. The highest BCUT2D eigenvalue weighted by atomic mass is 16.5. The molecule has 0 aromatic heterocycles. The minimum atomic E-state index is -0.563. The lowest BCUT2D eigenvalue weighted by Crippen LogP contribution is -2.33. The summed E-state index contributed by atoms with van der Waals surface area (Å²) in [5, 5.41) is 9.97. The molecule has 0 bridgehead atoms. The van der Waals surface area contributed by atoms with Crippen molar-refractivity contribution in [3.63, 3.8) is 0 Å². The zero-order chi connectivity index (χ0) is 9.61. The van der Waals surface area contributed by atoms with Crippen LogP contribution in [0.2, 0.25) is 0 Å². The van der Waals surface area contributed by atoms with Crippen molar-refractivity contribution in [2.45, 2.75) is 45.6 Å². The zero-order valence-corrected chi connectivity index (χ0v) is 8.76. The van der Waals surface area contributed by atoms with E-state index >= 15 is 0 Å². The first kappa shape index (κ1) is 11.9. The van der Waals surface area contributed by atoms with Gasteiger partial charge >= 0.3 is 0 Å². The highest BCUT2D eigenvalue weighted by Crippen LogP contribution is 2.24. The Morgan fingerprint density at radius 3 is 2.50 bits per heavy atom. The fourth-order valence-corrected chi connectivity index (χ4v) is 1.30. The van der Waals surface area contributed by atoms with Crippen LogP contribution in [0.25, 0.3) is 0 Å². The standard InChI is InChI=1S/C10H22O2/c1-5-6-9(2)10(3,11)7-8-12-4/h9,11H,5-8H2,1-4H3. The van der Waals surface area contributed by atoms with Gasteiger partial charge in [-0.25, -0.2) is 0 Å². The van der Waals surface area contributed by atoms with Crippen LogP contribution in [0.15, 0.2) is 0 Å². The van der Waals surface area contributed by atoms with E-state index in [0.717, 1.165) is 19.3 Å². The fourth-order valence-electron chi connectivity index (χ4n) is 1.30. The maximum absolute atomic E-state index is 9.97. The largest absolute Gasteiger partial charge is 0.390 e. The Kier molecular flexibility index (Phi) is 5.51. The van der Waals surface area contributed by atoms with Crippen LogP contribution >= 0.6 is 0 Å². The molecule has 0 radical (unpaired) electrons. The van der Waals surface area contributed by atoms with Gasteiger partial charge in [0.2, 0.25) is 0 Å². The average molecular weight is 174 g/mol. The summed E-state index contributed by atoms with van der Waals surface area (Å²) in [6.07, 6.45) is 2.94. The smallest absolute Gasteiger partial charge is 0.0667 e. The van der Waals surface area contributed by atoms with Crippen LogP contribution < -0.4 is 0 Å². The summed E-state index contributed by atoms with van der Waals surface area (Å²) in [5.74, 6) is 0.359. The van der Waals surface area contributed by atoms with Crippen molar-refractivity contribution in [1.82, 2.24) is 0 Å². The molecule has 2 unspecified atom stereocenters. The first-order valence-corrected chi connectivity index (χ1v) is 4.76. The maximum atomic E-state index is 9.97. The molecule has 0 saturated heterocycles. The van der Waals surface area contributed by atoms with Crippen molar-refractivity contribution in [3.8, 4) is 0 Å². The second-order valence-electron chi connectivity index (χ2n) is 3.79. The first-order chi connectivity index (χ1) is 5.54. The van der Waals surface area contributed by atoms with E-state index in [1.165, 1.54) is 0 Å². The summed E-state index contributed by atoms with van der Waals surface area (Å²) in [6, 6.07) is 0. The molecule has 2 heteroatoms. The molecule has 0 aromatic carbocycles. The van der Waals surface area contributed by atoms with Gasteiger partial charge in [0.15, 0.2) is 0 Å². The van der Waals surface area contributed by atoms with Gasteiger partial charge in [0.05, 0.1) is 5.60 Å². The quantitative estimate of drug-likeness (QED) is 0.669. The van der Waals surface area contributed by atoms with E-state index < -0.39 is 5.60 Å². The number of hydrogen-bond acceptors (Lipinski definition) is 2. The van der Waals surface area contributed by atoms with Gasteiger partial charge in [0.25, 0.3) is 0 Å². The molecule has 0 aliphatic carbocycles. The monoisotopic (exact) mass is 174 g/mol. The minimum Gasteiger partial charge on any atom is -0.390 e. The normalized spacial score (nSPS) is 18.8. The zero-order valence-electron chi connectivity index (χ0n) is 8.76. The van der Waals surface area contributed by atoms with Crippen LogP contribution in [-0.2, 0) is 4.74 Å². The molecule has 0 aromatic rings. The van der Waals surface area contributed by atoms with Crippen LogP contribution in [0, 0.1) is 5.92 Å². The molecule has 12 heavy (non-hydrogen) atoms. The summed E-state index contributed by atoms with van der Waals surface area (Å²) in [5.41, 5.74) is -0.563. The Morgan fingerprint density at radius 2 is 2.08 bits per heavy atom. The highest BCUT2D eigenvalue weighted by Gasteiger charge is 2.26. The van der Waals surface area contributed by atoms with E-state index in [-0.39, 0.29) is 0 Å². The van der Waals surface area contributed by atoms with E-state index in [1.54, 1.807) is 7.11 Å². The number of rotatable bonds is 6. The summed E-state index contributed by atoms with van der Waals surface area (Å²) < 4.78 is 4.95. The van der Waals surface area contributed by atoms with E-state index in [0.29, 0.717) is 12.5 Å². The maximum Gasteiger partial charge on any atom is 0.0667 e. The van der Waals surface area contributed by atoms with Crippen LogP contribution in [0.4, 0.5) is 0 Å². The predicted octanol–water partition coefficient (Wildman–Crippen LogP) is 2.21. The Bertz CT molecular complexity index is 110. The lowest BCUT2D eigenvalue weighted by atomic mass is 9.85. The SMILES string of the molecule is CCCC(C)C(C)(O)CCOC. The van der Waals surface area contributed by atoms with Gasteiger partial charge in [-0.05, 0) is 25.7 Å². The second kappa shape index (κ2) is 5.55. The third-order valence-corrected chi connectivity index (χ3v) is 2.60.